The normalized spacial score (nSPS) is 13.9. The van der Waals surface area contributed by atoms with Crippen LogP contribution in [0.1, 0.15) is 5.56 Å². The van der Waals surface area contributed by atoms with Gasteiger partial charge in [0, 0.05) is 32.4 Å². The second-order valence-corrected chi connectivity index (χ2v) is 8.02. The van der Waals surface area contributed by atoms with Crippen molar-refractivity contribution in [3.05, 3.63) is 99.3 Å². The number of carbonyl (C=O) groups excluding carboxylic acids is 1. The molecule has 1 amide bonds. The zero-order valence-electron chi connectivity index (χ0n) is 18.0. The fraction of sp³-hybridized carbons (Fsp3) is 0.200. The summed E-state index contributed by atoms with van der Waals surface area (Å²) < 4.78 is 1.12. The standard InChI is InChI=1S/C25H23N5O3/c31-23(29-15-13-28(14-16-29)22-7-3-4-12-26-22)17-18-8-10-19(11-9-18)30-24(32)20-5-1-2-6-21(20)27-25(30)33/h1-12H,13-17H2,(H,27,33). The number of fused-ring (bicyclic) bond motifs is 1. The van der Waals surface area contributed by atoms with Gasteiger partial charge in [0.15, 0.2) is 0 Å². The first kappa shape index (κ1) is 20.7. The molecule has 0 unspecified atom stereocenters. The third-order valence-electron chi connectivity index (χ3n) is 5.96. The monoisotopic (exact) mass is 441 g/mol. The van der Waals surface area contributed by atoms with Crippen molar-refractivity contribution in [3.63, 3.8) is 0 Å². The van der Waals surface area contributed by atoms with Crippen LogP contribution in [0.3, 0.4) is 0 Å². The van der Waals surface area contributed by atoms with Crippen molar-refractivity contribution in [2.75, 3.05) is 31.1 Å². The van der Waals surface area contributed by atoms with E-state index in [4.69, 9.17) is 0 Å². The van der Waals surface area contributed by atoms with Crippen molar-refractivity contribution in [2.45, 2.75) is 6.42 Å². The maximum absolute atomic E-state index is 12.8. The van der Waals surface area contributed by atoms with Crippen LogP contribution in [0.5, 0.6) is 0 Å². The maximum atomic E-state index is 12.8. The molecule has 0 aliphatic carbocycles. The second-order valence-electron chi connectivity index (χ2n) is 8.02. The Bertz CT molecular complexity index is 1400. The highest BCUT2D eigenvalue weighted by atomic mass is 16.2. The van der Waals surface area contributed by atoms with Gasteiger partial charge < -0.3 is 14.8 Å². The van der Waals surface area contributed by atoms with E-state index in [-0.39, 0.29) is 17.9 Å². The maximum Gasteiger partial charge on any atom is 0.333 e. The van der Waals surface area contributed by atoms with E-state index in [1.165, 1.54) is 0 Å². The third kappa shape index (κ3) is 4.15. The molecule has 2 aromatic heterocycles. The van der Waals surface area contributed by atoms with Gasteiger partial charge in [-0.2, -0.15) is 0 Å². The first-order valence-electron chi connectivity index (χ1n) is 10.9. The third-order valence-corrected chi connectivity index (χ3v) is 5.96. The average Bonchev–Trinajstić information content (AvgIpc) is 2.86. The summed E-state index contributed by atoms with van der Waals surface area (Å²) in [5.74, 6) is 0.989. The molecule has 1 saturated heterocycles. The highest BCUT2D eigenvalue weighted by Crippen LogP contribution is 2.14. The molecular weight excluding hydrogens is 418 g/mol. The van der Waals surface area contributed by atoms with Crippen LogP contribution in [-0.4, -0.2) is 51.5 Å². The molecule has 4 aromatic rings. The topological polar surface area (TPSA) is 91.3 Å². The number of nitrogens with zero attached hydrogens (tertiary/aromatic N) is 4. The molecule has 0 spiro atoms. The summed E-state index contributed by atoms with van der Waals surface area (Å²) in [6.45, 7) is 2.79. The lowest BCUT2D eigenvalue weighted by molar-refractivity contribution is -0.130. The van der Waals surface area contributed by atoms with Gasteiger partial charge in [0.25, 0.3) is 5.56 Å². The molecule has 8 nitrogen and oxygen atoms in total. The molecule has 0 radical (unpaired) electrons. The van der Waals surface area contributed by atoms with Crippen LogP contribution in [-0.2, 0) is 11.2 Å². The minimum absolute atomic E-state index is 0.0594. The SMILES string of the molecule is O=C(Cc1ccc(-n2c(=O)[nH]c3ccccc3c2=O)cc1)N1CCN(c2ccccn2)CC1. The summed E-state index contributed by atoms with van der Waals surface area (Å²) >= 11 is 0. The molecule has 2 aromatic carbocycles. The number of aromatic amines is 1. The largest absolute Gasteiger partial charge is 0.353 e. The Kier molecular flexibility index (Phi) is 5.48. The number of amides is 1. The Hall–Kier alpha value is -4.20. The highest BCUT2D eigenvalue weighted by Gasteiger charge is 2.22. The van der Waals surface area contributed by atoms with Gasteiger partial charge in [0.2, 0.25) is 5.91 Å². The molecular formula is C25H23N5O3. The number of piperazine rings is 1. The number of benzene rings is 2. The molecule has 0 bridgehead atoms. The number of rotatable bonds is 4. The van der Waals surface area contributed by atoms with Crippen molar-refractivity contribution in [2.24, 2.45) is 0 Å². The van der Waals surface area contributed by atoms with Crippen molar-refractivity contribution < 1.29 is 4.79 Å². The predicted molar refractivity (Wildman–Crippen MR) is 127 cm³/mol. The van der Waals surface area contributed by atoms with Crippen molar-refractivity contribution in [1.82, 2.24) is 19.4 Å². The lowest BCUT2D eigenvalue weighted by Crippen LogP contribution is -2.49. The first-order chi connectivity index (χ1) is 16.1. The Balaban J connectivity index is 1.27. The van der Waals surface area contributed by atoms with Gasteiger partial charge >= 0.3 is 5.69 Å². The van der Waals surface area contributed by atoms with E-state index in [2.05, 4.69) is 14.9 Å². The first-order valence-corrected chi connectivity index (χ1v) is 10.9. The fourth-order valence-electron chi connectivity index (χ4n) is 4.17. The van der Waals surface area contributed by atoms with Gasteiger partial charge in [-0.05, 0) is 42.0 Å². The van der Waals surface area contributed by atoms with E-state index in [1.54, 1.807) is 54.7 Å². The zero-order chi connectivity index (χ0) is 22.8. The van der Waals surface area contributed by atoms with E-state index in [0.29, 0.717) is 29.7 Å². The second kappa shape index (κ2) is 8.74. The van der Waals surface area contributed by atoms with E-state index in [1.807, 2.05) is 23.1 Å². The molecule has 5 rings (SSSR count). The molecule has 1 aliphatic heterocycles. The number of nitrogens with one attached hydrogen (secondary N) is 1. The molecule has 1 fully saturated rings. The van der Waals surface area contributed by atoms with Gasteiger partial charge in [-0.3, -0.25) is 9.59 Å². The molecule has 3 heterocycles. The predicted octanol–water partition coefficient (Wildman–Crippen LogP) is 1.97. The number of pyridine rings is 1. The minimum atomic E-state index is -0.492. The summed E-state index contributed by atoms with van der Waals surface area (Å²) in [5, 5.41) is 0.446. The molecule has 8 heteroatoms. The van der Waals surface area contributed by atoms with Gasteiger partial charge in [-0.1, -0.05) is 30.3 Å². The van der Waals surface area contributed by atoms with Crippen molar-refractivity contribution >= 4 is 22.6 Å². The molecule has 1 N–H and O–H groups in total. The van der Waals surface area contributed by atoms with E-state index < -0.39 is 5.69 Å². The lowest BCUT2D eigenvalue weighted by Gasteiger charge is -2.35. The zero-order valence-corrected chi connectivity index (χ0v) is 18.0. The van der Waals surface area contributed by atoms with Gasteiger partial charge in [0.1, 0.15) is 5.82 Å². The number of aromatic nitrogens is 3. The van der Waals surface area contributed by atoms with Crippen molar-refractivity contribution in [1.29, 1.82) is 0 Å². The van der Waals surface area contributed by atoms with Gasteiger partial charge in [-0.25, -0.2) is 14.3 Å². The molecule has 166 valence electrons. The van der Waals surface area contributed by atoms with E-state index >= 15 is 0 Å². The minimum Gasteiger partial charge on any atom is -0.353 e. The number of hydrogen-bond acceptors (Lipinski definition) is 5. The number of H-pyrrole nitrogens is 1. The average molecular weight is 441 g/mol. The van der Waals surface area contributed by atoms with Crippen LogP contribution in [0, 0.1) is 0 Å². The van der Waals surface area contributed by atoms with Crippen LogP contribution in [0.15, 0.2) is 82.5 Å². The summed E-state index contributed by atoms with van der Waals surface area (Å²) in [5.41, 5.74) is 0.944. The molecule has 0 atom stereocenters. The van der Waals surface area contributed by atoms with Crippen LogP contribution >= 0.6 is 0 Å². The van der Waals surface area contributed by atoms with Crippen LogP contribution in [0.2, 0.25) is 0 Å². The Morgan fingerprint density at radius 3 is 2.33 bits per heavy atom. The van der Waals surface area contributed by atoms with Gasteiger partial charge in [-0.15, -0.1) is 0 Å². The Labute approximate surface area is 189 Å². The van der Waals surface area contributed by atoms with E-state index in [9.17, 15) is 14.4 Å². The summed E-state index contributed by atoms with van der Waals surface area (Å²) in [4.78, 5) is 49.3. The van der Waals surface area contributed by atoms with Crippen LogP contribution < -0.4 is 16.1 Å². The molecule has 33 heavy (non-hydrogen) atoms. The number of anilines is 1. The number of hydrogen-bond donors (Lipinski definition) is 1. The van der Waals surface area contributed by atoms with Crippen LogP contribution in [0.4, 0.5) is 5.82 Å². The summed E-state index contributed by atoms with van der Waals surface area (Å²) in [6.07, 6.45) is 2.04. The Morgan fingerprint density at radius 2 is 1.61 bits per heavy atom. The highest BCUT2D eigenvalue weighted by molar-refractivity contribution is 5.79. The van der Waals surface area contributed by atoms with Gasteiger partial charge in [0.05, 0.1) is 23.0 Å². The van der Waals surface area contributed by atoms with Crippen molar-refractivity contribution in [3.8, 4) is 5.69 Å². The Morgan fingerprint density at radius 1 is 0.879 bits per heavy atom. The molecule has 1 aliphatic rings. The lowest BCUT2D eigenvalue weighted by atomic mass is 10.1. The fourth-order valence-corrected chi connectivity index (χ4v) is 4.17. The molecule has 0 saturated carbocycles. The number of carbonyl (C=O) groups is 1. The summed E-state index contributed by atoms with van der Waals surface area (Å²) in [6, 6.07) is 19.7. The summed E-state index contributed by atoms with van der Waals surface area (Å²) in [7, 11) is 0. The van der Waals surface area contributed by atoms with Crippen LogP contribution in [0.25, 0.3) is 16.6 Å². The quantitative estimate of drug-likeness (QED) is 0.523. The number of para-hydroxylation sites is 1. The smallest absolute Gasteiger partial charge is 0.333 e. The van der Waals surface area contributed by atoms with E-state index in [0.717, 1.165) is 29.0 Å².